The summed E-state index contributed by atoms with van der Waals surface area (Å²) in [6.45, 7) is 6.39. The van der Waals surface area contributed by atoms with Gasteiger partial charge in [-0.1, -0.05) is 202 Å². The third-order valence-electron chi connectivity index (χ3n) is 10.1. The summed E-state index contributed by atoms with van der Waals surface area (Å²) in [4.78, 5) is 37.7. The van der Waals surface area contributed by atoms with Crippen LogP contribution < -0.4 is 0 Å². The second-order valence-electron chi connectivity index (χ2n) is 16.0. The average molecular weight is 835 g/mol. The number of unbranched alkanes of at least 4 members (excludes halogenated alkanes) is 18. The molecule has 0 heterocycles. The molecule has 0 amide bonds. The summed E-state index contributed by atoms with van der Waals surface area (Å²) in [7, 11) is 0. The average Bonchev–Trinajstić information content (AvgIpc) is 3.24. The summed E-state index contributed by atoms with van der Waals surface area (Å²) in [5.41, 5.74) is 0. The first-order chi connectivity index (χ1) is 29.5. The van der Waals surface area contributed by atoms with Gasteiger partial charge in [-0.05, 0) is 83.5 Å². The van der Waals surface area contributed by atoms with Crippen LogP contribution in [0.5, 0.6) is 0 Å². The van der Waals surface area contributed by atoms with E-state index in [9.17, 15) is 14.4 Å². The molecule has 0 aliphatic carbocycles. The third kappa shape index (κ3) is 45.7. The Morgan fingerprint density at radius 3 is 1.08 bits per heavy atom. The van der Waals surface area contributed by atoms with Crippen molar-refractivity contribution in [1.82, 2.24) is 0 Å². The molecule has 0 spiro atoms. The van der Waals surface area contributed by atoms with Crippen molar-refractivity contribution in [2.45, 2.75) is 226 Å². The third-order valence-corrected chi connectivity index (χ3v) is 10.1. The molecule has 0 aromatic rings. The molecule has 1 atom stereocenters. The lowest BCUT2D eigenvalue weighted by Crippen LogP contribution is -2.30. The lowest BCUT2D eigenvalue weighted by molar-refractivity contribution is -0.166. The van der Waals surface area contributed by atoms with Gasteiger partial charge in [0.1, 0.15) is 13.2 Å². The summed E-state index contributed by atoms with van der Waals surface area (Å²) < 4.78 is 16.6. The number of carbonyl (C=O) groups is 3. The second-order valence-corrected chi connectivity index (χ2v) is 16.0. The molecule has 0 bridgehead atoms. The van der Waals surface area contributed by atoms with E-state index in [-0.39, 0.29) is 31.6 Å². The quantitative estimate of drug-likeness (QED) is 0.0263. The van der Waals surface area contributed by atoms with Crippen LogP contribution in [0.3, 0.4) is 0 Å². The highest BCUT2D eigenvalue weighted by atomic mass is 16.6. The van der Waals surface area contributed by atoms with Gasteiger partial charge in [-0.25, -0.2) is 0 Å². The van der Waals surface area contributed by atoms with E-state index >= 15 is 0 Å². The summed E-state index contributed by atoms with van der Waals surface area (Å²) in [5.74, 6) is -1.01. The van der Waals surface area contributed by atoms with Gasteiger partial charge in [0.25, 0.3) is 0 Å². The smallest absolute Gasteiger partial charge is 0.306 e. The molecule has 0 aliphatic rings. The largest absolute Gasteiger partial charge is 0.462 e. The number of esters is 3. The molecular formula is C54H90O6. The van der Waals surface area contributed by atoms with E-state index in [0.29, 0.717) is 19.3 Å². The fourth-order valence-corrected chi connectivity index (χ4v) is 6.46. The fraction of sp³-hybridized carbons (Fsp3) is 0.685. The maximum absolute atomic E-state index is 12.7. The standard InChI is InChI=1S/C54H90O6/c1-4-7-10-13-16-19-21-23-24-25-26-27-28-29-30-32-33-35-38-41-44-47-53(56)59-50-51(49-58-52(55)46-43-40-37-18-15-12-9-6-3)60-54(57)48-45-42-39-36-34-31-22-20-17-14-11-8-5-2/h8,11,17,20-21,23,25-26,28-29,31,34,39,42,51H,4-7,9-10,12-16,18-19,22,24,27,30,32-33,35-38,40-41,43-50H2,1-3H3/b11-8-,20-17-,23-21-,26-25-,29-28-,34-31-,42-39-. The van der Waals surface area contributed by atoms with Crippen molar-refractivity contribution in [1.29, 1.82) is 0 Å². The van der Waals surface area contributed by atoms with E-state index in [1.165, 1.54) is 83.5 Å². The molecule has 0 rings (SSSR count). The number of carbonyl (C=O) groups excluding carboxylic acids is 3. The van der Waals surface area contributed by atoms with Gasteiger partial charge in [0, 0.05) is 19.3 Å². The Balaban J connectivity index is 4.38. The van der Waals surface area contributed by atoms with E-state index < -0.39 is 12.1 Å². The van der Waals surface area contributed by atoms with Gasteiger partial charge in [0.15, 0.2) is 6.10 Å². The zero-order valence-corrected chi connectivity index (χ0v) is 38.9. The van der Waals surface area contributed by atoms with Crippen LogP contribution in [0, 0.1) is 0 Å². The van der Waals surface area contributed by atoms with Gasteiger partial charge in [-0.2, -0.15) is 0 Å². The number of rotatable bonds is 43. The SMILES string of the molecule is CC/C=C\C/C=C\C/C=C\C/C=C\CCC(=O)OC(COC(=O)CCCCCCCC/C=C\C/C=C\C/C=C\CCCCCCC)COC(=O)CCCCCCCCCC. The van der Waals surface area contributed by atoms with Crippen molar-refractivity contribution < 1.29 is 28.6 Å². The Hall–Kier alpha value is -3.41. The van der Waals surface area contributed by atoms with Crippen LogP contribution in [-0.2, 0) is 28.6 Å². The van der Waals surface area contributed by atoms with Gasteiger partial charge in [-0.15, -0.1) is 0 Å². The Morgan fingerprint density at radius 2 is 0.683 bits per heavy atom. The van der Waals surface area contributed by atoms with E-state index in [1.54, 1.807) is 0 Å². The number of hydrogen-bond acceptors (Lipinski definition) is 6. The van der Waals surface area contributed by atoms with E-state index in [1.807, 2.05) is 12.2 Å². The van der Waals surface area contributed by atoms with Crippen molar-refractivity contribution in [2.24, 2.45) is 0 Å². The molecule has 6 nitrogen and oxygen atoms in total. The molecule has 0 aliphatic heterocycles. The molecule has 0 radical (unpaired) electrons. The van der Waals surface area contributed by atoms with Crippen LogP contribution in [0.4, 0.5) is 0 Å². The predicted octanol–water partition coefficient (Wildman–Crippen LogP) is 16.0. The van der Waals surface area contributed by atoms with Gasteiger partial charge in [-0.3, -0.25) is 14.4 Å². The Labute approximate surface area is 369 Å². The van der Waals surface area contributed by atoms with Crippen LogP contribution in [0.25, 0.3) is 0 Å². The maximum Gasteiger partial charge on any atom is 0.306 e. The van der Waals surface area contributed by atoms with Crippen LogP contribution >= 0.6 is 0 Å². The molecule has 6 heteroatoms. The van der Waals surface area contributed by atoms with Crippen molar-refractivity contribution in [3.8, 4) is 0 Å². The van der Waals surface area contributed by atoms with Crippen molar-refractivity contribution in [3.05, 3.63) is 85.1 Å². The van der Waals surface area contributed by atoms with E-state index in [4.69, 9.17) is 14.2 Å². The fourth-order valence-electron chi connectivity index (χ4n) is 6.46. The van der Waals surface area contributed by atoms with Crippen LogP contribution in [0.15, 0.2) is 85.1 Å². The zero-order valence-electron chi connectivity index (χ0n) is 38.9. The molecule has 342 valence electrons. The summed E-state index contributed by atoms with van der Waals surface area (Å²) >= 11 is 0. The van der Waals surface area contributed by atoms with Crippen LogP contribution in [-0.4, -0.2) is 37.2 Å². The first-order valence-electron chi connectivity index (χ1n) is 24.6. The van der Waals surface area contributed by atoms with Gasteiger partial charge < -0.3 is 14.2 Å². The number of hydrogen-bond donors (Lipinski definition) is 0. The van der Waals surface area contributed by atoms with Gasteiger partial charge >= 0.3 is 17.9 Å². The normalized spacial score (nSPS) is 12.8. The number of allylic oxidation sites excluding steroid dienone is 14. The number of ether oxygens (including phenoxy) is 3. The van der Waals surface area contributed by atoms with Crippen molar-refractivity contribution >= 4 is 17.9 Å². The van der Waals surface area contributed by atoms with Gasteiger partial charge in [0.2, 0.25) is 0 Å². The molecule has 0 saturated carbocycles. The zero-order chi connectivity index (χ0) is 43.7. The highest BCUT2D eigenvalue weighted by Crippen LogP contribution is 2.13. The molecule has 0 saturated heterocycles. The van der Waals surface area contributed by atoms with E-state index in [2.05, 4.69) is 93.7 Å². The molecule has 0 aromatic heterocycles. The molecule has 0 N–H and O–H groups in total. The van der Waals surface area contributed by atoms with Gasteiger partial charge in [0.05, 0.1) is 0 Å². The van der Waals surface area contributed by atoms with Crippen molar-refractivity contribution in [2.75, 3.05) is 13.2 Å². The first kappa shape index (κ1) is 56.6. The predicted molar refractivity (Wildman–Crippen MR) is 256 cm³/mol. The molecule has 0 aromatic carbocycles. The summed E-state index contributed by atoms with van der Waals surface area (Å²) in [6, 6.07) is 0. The minimum absolute atomic E-state index is 0.109. The summed E-state index contributed by atoms with van der Waals surface area (Å²) in [5, 5.41) is 0. The van der Waals surface area contributed by atoms with Crippen LogP contribution in [0.2, 0.25) is 0 Å². The Bertz CT molecular complexity index is 1190. The molecule has 1 unspecified atom stereocenters. The second kappa shape index (κ2) is 48.3. The topological polar surface area (TPSA) is 78.9 Å². The first-order valence-corrected chi connectivity index (χ1v) is 24.6. The molecular weight excluding hydrogens is 745 g/mol. The monoisotopic (exact) mass is 835 g/mol. The van der Waals surface area contributed by atoms with Crippen LogP contribution in [0.1, 0.15) is 220 Å². The lowest BCUT2D eigenvalue weighted by atomic mass is 10.1. The molecule has 0 fully saturated rings. The maximum atomic E-state index is 12.7. The lowest BCUT2D eigenvalue weighted by Gasteiger charge is -2.18. The summed E-state index contributed by atoms with van der Waals surface area (Å²) in [6.07, 6.45) is 61.6. The molecule has 60 heavy (non-hydrogen) atoms. The Morgan fingerprint density at radius 1 is 0.350 bits per heavy atom. The highest BCUT2D eigenvalue weighted by Gasteiger charge is 2.19. The Kier molecular flexibility index (Phi) is 45.5. The minimum atomic E-state index is -0.816. The van der Waals surface area contributed by atoms with E-state index in [0.717, 1.165) is 89.9 Å². The van der Waals surface area contributed by atoms with Crippen molar-refractivity contribution in [3.63, 3.8) is 0 Å². The highest BCUT2D eigenvalue weighted by molar-refractivity contribution is 5.71. The minimum Gasteiger partial charge on any atom is -0.462 e.